The summed E-state index contributed by atoms with van der Waals surface area (Å²) < 4.78 is 76.4. The number of anilines is 1. The van der Waals surface area contributed by atoms with Crippen molar-refractivity contribution in [3.63, 3.8) is 0 Å². The van der Waals surface area contributed by atoms with Crippen molar-refractivity contribution in [1.29, 1.82) is 0 Å². The van der Waals surface area contributed by atoms with E-state index in [1.807, 2.05) is 0 Å². The number of rotatable bonds is 5. The molecule has 4 rings (SSSR count). The van der Waals surface area contributed by atoms with Gasteiger partial charge in [0.1, 0.15) is 24.0 Å². The molecule has 210 valence electrons. The molecule has 2 N–H and O–H groups in total. The van der Waals surface area contributed by atoms with Crippen molar-refractivity contribution in [2.24, 2.45) is 0 Å². The molecule has 1 unspecified atom stereocenters. The van der Waals surface area contributed by atoms with Crippen LogP contribution in [-0.2, 0) is 30.3 Å². The maximum atomic E-state index is 13.9. The van der Waals surface area contributed by atoms with Gasteiger partial charge in [-0.1, -0.05) is 12.1 Å². The zero-order valence-corrected chi connectivity index (χ0v) is 22.4. The quantitative estimate of drug-likeness (QED) is 0.523. The second-order valence-electron chi connectivity index (χ2n) is 10.3. The van der Waals surface area contributed by atoms with Crippen molar-refractivity contribution in [2.75, 3.05) is 30.8 Å². The van der Waals surface area contributed by atoms with Crippen LogP contribution in [0.5, 0.6) is 5.75 Å². The molecular formula is C26H27F3N2O7S. The number of halogens is 3. The number of ether oxygens (including phenoxy) is 2. The first kappa shape index (κ1) is 28.3. The van der Waals surface area contributed by atoms with Crippen molar-refractivity contribution < 1.29 is 45.8 Å². The second kappa shape index (κ2) is 9.78. The van der Waals surface area contributed by atoms with Gasteiger partial charge in [0.2, 0.25) is 0 Å². The molecule has 0 saturated carbocycles. The lowest BCUT2D eigenvalue weighted by Crippen LogP contribution is -2.43. The summed E-state index contributed by atoms with van der Waals surface area (Å²) in [5, 5.41) is 13.3. The highest BCUT2D eigenvalue weighted by Crippen LogP contribution is 2.51. The molecule has 2 aliphatic heterocycles. The van der Waals surface area contributed by atoms with E-state index in [-0.39, 0.29) is 34.8 Å². The van der Waals surface area contributed by atoms with Crippen LogP contribution in [-0.4, -0.2) is 56.9 Å². The van der Waals surface area contributed by atoms with Crippen molar-refractivity contribution >= 4 is 33.2 Å². The van der Waals surface area contributed by atoms with Crippen LogP contribution in [0.2, 0.25) is 0 Å². The third-order valence-corrected chi connectivity index (χ3v) is 7.19. The van der Waals surface area contributed by atoms with Gasteiger partial charge in [-0.3, -0.25) is 9.59 Å². The number of esters is 1. The van der Waals surface area contributed by atoms with E-state index in [2.05, 4.69) is 5.32 Å². The van der Waals surface area contributed by atoms with E-state index in [4.69, 9.17) is 9.47 Å². The fourth-order valence-corrected chi connectivity index (χ4v) is 5.01. The highest BCUT2D eigenvalue weighted by molar-refractivity contribution is 7.90. The van der Waals surface area contributed by atoms with Crippen LogP contribution in [0.15, 0.2) is 46.9 Å². The third kappa shape index (κ3) is 5.97. The highest BCUT2D eigenvalue weighted by atomic mass is 32.2. The van der Waals surface area contributed by atoms with Gasteiger partial charge in [0.05, 0.1) is 34.8 Å². The minimum Gasteiger partial charge on any atom is -0.507 e. The summed E-state index contributed by atoms with van der Waals surface area (Å²) >= 11 is 0. The van der Waals surface area contributed by atoms with Gasteiger partial charge in [0.15, 0.2) is 15.6 Å². The molecule has 0 saturated heterocycles. The van der Waals surface area contributed by atoms with Gasteiger partial charge in [0, 0.05) is 11.8 Å². The Kier molecular flexibility index (Phi) is 7.09. The number of nitrogens with one attached hydrogen (secondary N) is 1. The van der Waals surface area contributed by atoms with Gasteiger partial charge in [0.25, 0.3) is 5.91 Å². The van der Waals surface area contributed by atoms with Gasteiger partial charge in [-0.2, -0.15) is 13.2 Å². The van der Waals surface area contributed by atoms with Crippen molar-refractivity contribution in [1.82, 2.24) is 5.32 Å². The Balaban J connectivity index is 1.70. The molecule has 9 nitrogen and oxygen atoms in total. The first-order valence-electron chi connectivity index (χ1n) is 11.8. The number of aliphatic hydroxyl groups excluding tert-OH is 1. The third-order valence-electron chi connectivity index (χ3n) is 6.06. The second-order valence-corrected chi connectivity index (χ2v) is 12.3. The van der Waals surface area contributed by atoms with E-state index in [1.165, 1.54) is 29.2 Å². The Hall–Kier alpha value is -3.74. The van der Waals surface area contributed by atoms with Crippen LogP contribution >= 0.6 is 0 Å². The first-order chi connectivity index (χ1) is 18.0. The molecule has 2 aromatic carbocycles. The van der Waals surface area contributed by atoms with E-state index in [0.717, 1.165) is 18.4 Å². The van der Waals surface area contributed by atoms with E-state index in [9.17, 15) is 36.3 Å². The summed E-state index contributed by atoms with van der Waals surface area (Å²) in [7, 11) is -3.49. The summed E-state index contributed by atoms with van der Waals surface area (Å²) in [6, 6.07) is 7.40. The van der Waals surface area contributed by atoms with Crippen LogP contribution in [0.1, 0.15) is 43.6 Å². The molecule has 0 aromatic heterocycles. The van der Waals surface area contributed by atoms with Crippen LogP contribution in [0.4, 0.5) is 18.9 Å². The van der Waals surface area contributed by atoms with Gasteiger partial charge < -0.3 is 24.8 Å². The number of hydrogen-bond donors (Lipinski definition) is 2. The van der Waals surface area contributed by atoms with Crippen LogP contribution < -0.4 is 15.0 Å². The lowest BCUT2D eigenvalue weighted by Gasteiger charge is -2.41. The summed E-state index contributed by atoms with van der Waals surface area (Å²) in [5.41, 5.74) is -1.62. The number of carbonyl (C=O) groups is 2. The number of nitrogens with zero attached hydrogens (tertiary/aromatic N) is 1. The van der Waals surface area contributed by atoms with Gasteiger partial charge >= 0.3 is 12.1 Å². The molecule has 2 heterocycles. The number of sulfone groups is 1. The van der Waals surface area contributed by atoms with Crippen molar-refractivity contribution in [3.05, 3.63) is 58.7 Å². The molecule has 13 heteroatoms. The lowest BCUT2D eigenvalue weighted by atomic mass is 9.94. The van der Waals surface area contributed by atoms with E-state index in [0.29, 0.717) is 5.56 Å². The zero-order valence-electron chi connectivity index (χ0n) is 21.5. The molecule has 0 bridgehead atoms. The Morgan fingerprint density at radius 1 is 1.13 bits per heavy atom. The normalized spacial score (nSPS) is 17.3. The number of benzene rings is 2. The molecule has 1 amide bonds. The lowest BCUT2D eigenvalue weighted by molar-refractivity contribution is -0.154. The minimum atomic E-state index is -4.78. The van der Waals surface area contributed by atoms with Gasteiger partial charge in [-0.15, -0.1) is 0 Å². The average Bonchev–Trinajstić information content (AvgIpc) is 2.82. The Morgan fingerprint density at radius 3 is 2.33 bits per heavy atom. The Bertz CT molecular complexity index is 1460. The largest absolute Gasteiger partial charge is 0.507 e. The zero-order chi connectivity index (χ0) is 28.9. The summed E-state index contributed by atoms with van der Waals surface area (Å²) in [6.07, 6.45) is -4.69. The Labute approximate surface area is 223 Å². The van der Waals surface area contributed by atoms with Crippen molar-refractivity contribution in [3.8, 4) is 5.75 Å². The highest BCUT2D eigenvalue weighted by Gasteiger charge is 2.43. The molecule has 0 spiro atoms. The number of aliphatic hydroxyl groups is 1. The van der Waals surface area contributed by atoms with E-state index >= 15 is 0 Å². The molecule has 0 radical (unpaired) electrons. The molecule has 2 aromatic rings. The molecular weight excluding hydrogens is 541 g/mol. The molecule has 1 atom stereocenters. The smallest absolute Gasteiger partial charge is 0.420 e. The Morgan fingerprint density at radius 2 is 1.77 bits per heavy atom. The summed E-state index contributed by atoms with van der Waals surface area (Å²) in [4.78, 5) is 26.5. The number of carbonyl (C=O) groups excluding carboxylic acids is 2. The fraction of sp³-hybridized carbons (Fsp3) is 0.385. The molecule has 39 heavy (non-hydrogen) atoms. The molecule has 2 aliphatic rings. The maximum absolute atomic E-state index is 13.9. The predicted molar refractivity (Wildman–Crippen MR) is 135 cm³/mol. The van der Waals surface area contributed by atoms with E-state index in [1.54, 1.807) is 20.8 Å². The maximum Gasteiger partial charge on any atom is 0.420 e. The number of hydrogen-bond acceptors (Lipinski definition) is 8. The molecule has 0 aliphatic carbocycles. The topological polar surface area (TPSA) is 122 Å². The number of alkyl halides is 3. The summed E-state index contributed by atoms with van der Waals surface area (Å²) in [5.74, 6) is -2.53. The average molecular weight is 569 g/mol. The fourth-order valence-electron chi connectivity index (χ4n) is 4.38. The van der Waals surface area contributed by atoms with Crippen molar-refractivity contribution in [2.45, 2.75) is 43.5 Å². The van der Waals surface area contributed by atoms with Gasteiger partial charge in [-0.05, 0) is 50.6 Å². The first-order valence-corrected chi connectivity index (χ1v) is 13.7. The minimum absolute atomic E-state index is 0.00431. The van der Waals surface area contributed by atoms with Crippen LogP contribution in [0.25, 0.3) is 5.76 Å². The molecule has 0 fully saturated rings. The monoisotopic (exact) mass is 568 g/mol. The van der Waals surface area contributed by atoms with E-state index < -0.39 is 63.2 Å². The SMILES string of the molecule is CC(C)(C)OC(=O)CNC(=O)C1=C(O)c2ccc(C(F)(F)F)c3c2N(C1)CC(c1ccc(S(C)(=O)=O)cc1)O3. The van der Waals surface area contributed by atoms with Crippen LogP contribution in [0.3, 0.4) is 0 Å². The standard InChI is InChI=1S/C26H27F3N2O7S/c1-25(2,3)38-20(32)11-30-24(34)17-12-31-13-19(14-5-7-15(8-6-14)39(4,35)36)37-23-18(26(27,28)29)10-9-16(21(23)31)22(17)33/h5-10,19,33H,11-13H2,1-4H3,(H,30,34). The predicted octanol–water partition coefficient (Wildman–Crippen LogP) is 3.79. The summed E-state index contributed by atoms with van der Waals surface area (Å²) in [6.45, 7) is 4.24. The van der Waals surface area contributed by atoms with Crippen LogP contribution in [0, 0.1) is 0 Å². The van der Waals surface area contributed by atoms with Gasteiger partial charge in [-0.25, -0.2) is 8.42 Å². The number of amides is 1.